The Hall–Kier alpha value is -2.40. The fourth-order valence-electron chi connectivity index (χ4n) is 2.53. The normalized spacial score (nSPS) is 11.3. The smallest absolute Gasteiger partial charge is 0.193 e. The van der Waals surface area contributed by atoms with Crippen LogP contribution in [0.25, 0.3) is 0 Å². The van der Waals surface area contributed by atoms with Crippen molar-refractivity contribution in [1.82, 2.24) is 10.2 Å². The predicted octanol–water partition coefficient (Wildman–Crippen LogP) is 3.30. The molecule has 2 aromatic carbocycles. The van der Waals surface area contributed by atoms with Gasteiger partial charge in [-0.1, -0.05) is 35.9 Å². The molecule has 0 saturated heterocycles. The van der Waals surface area contributed by atoms with E-state index in [-0.39, 0.29) is 5.75 Å². The topological polar surface area (TPSA) is 57.1 Å². The third-order valence-corrected chi connectivity index (χ3v) is 4.28. The van der Waals surface area contributed by atoms with Gasteiger partial charge in [0.1, 0.15) is 11.5 Å². The standard InChI is InChI=1S/C19H24ClN3O2/c1-21-19(23(2)13-15-6-4-5-7-17(15)20)22-11-10-14-8-9-16(25-3)12-18(14)24/h4-9,12,24H,10-11,13H2,1-3H3,(H,21,22). The number of rotatable bonds is 6. The van der Waals surface area contributed by atoms with Crippen LogP contribution in [0, 0.1) is 0 Å². The Kier molecular flexibility index (Phi) is 6.95. The maximum atomic E-state index is 10.0. The molecule has 0 heterocycles. The Morgan fingerprint density at radius 2 is 2.00 bits per heavy atom. The highest BCUT2D eigenvalue weighted by atomic mass is 35.5. The first-order valence-electron chi connectivity index (χ1n) is 8.06. The third-order valence-electron chi connectivity index (χ3n) is 3.91. The SMILES string of the molecule is CN=C(NCCc1ccc(OC)cc1O)N(C)Cc1ccccc1Cl. The van der Waals surface area contributed by atoms with Gasteiger partial charge in [0.15, 0.2) is 5.96 Å². The molecule has 0 aliphatic carbocycles. The number of phenols is 1. The van der Waals surface area contributed by atoms with E-state index in [1.165, 1.54) is 0 Å². The van der Waals surface area contributed by atoms with E-state index in [1.807, 2.05) is 48.3 Å². The summed E-state index contributed by atoms with van der Waals surface area (Å²) in [5, 5.41) is 14.1. The van der Waals surface area contributed by atoms with E-state index in [0.717, 1.165) is 22.1 Å². The van der Waals surface area contributed by atoms with E-state index in [4.69, 9.17) is 16.3 Å². The summed E-state index contributed by atoms with van der Waals surface area (Å²) in [6.45, 7) is 1.31. The van der Waals surface area contributed by atoms with Crippen molar-refractivity contribution >= 4 is 17.6 Å². The average Bonchev–Trinajstić information content (AvgIpc) is 2.61. The number of benzene rings is 2. The van der Waals surface area contributed by atoms with E-state index < -0.39 is 0 Å². The summed E-state index contributed by atoms with van der Waals surface area (Å²) in [6, 6.07) is 13.1. The molecular formula is C19H24ClN3O2. The molecule has 0 aliphatic heterocycles. The molecular weight excluding hydrogens is 338 g/mol. The first-order valence-corrected chi connectivity index (χ1v) is 8.44. The molecule has 0 fully saturated rings. The quantitative estimate of drug-likeness (QED) is 0.612. The van der Waals surface area contributed by atoms with Gasteiger partial charge in [0.05, 0.1) is 7.11 Å². The van der Waals surface area contributed by atoms with Crippen molar-refractivity contribution in [3.8, 4) is 11.5 Å². The molecule has 0 amide bonds. The second kappa shape index (κ2) is 9.18. The van der Waals surface area contributed by atoms with Gasteiger partial charge in [-0.2, -0.15) is 0 Å². The lowest BCUT2D eigenvalue weighted by molar-refractivity contribution is 0.406. The summed E-state index contributed by atoms with van der Waals surface area (Å²) in [4.78, 5) is 6.31. The van der Waals surface area contributed by atoms with Gasteiger partial charge < -0.3 is 20.1 Å². The van der Waals surface area contributed by atoms with Gasteiger partial charge in [0, 0.05) is 38.3 Å². The van der Waals surface area contributed by atoms with Gasteiger partial charge in [-0.15, -0.1) is 0 Å². The van der Waals surface area contributed by atoms with E-state index in [1.54, 1.807) is 20.2 Å². The van der Waals surface area contributed by atoms with E-state index in [0.29, 0.717) is 25.3 Å². The van der Waals surface area contributed by atoms with Crippen molar-refractivity contribution in [2.75, 3.05) is 27.7 Å². The van der Waals surface area contributed by atoms with Gasteiger partial charge in [-0.25, -0.2) is 0 Å². The molecule has 5 nitrogen and oxygen atoms in total. The van der Waals surface area contributed by atoms with Gasteiger partial charge in [-0.05, 0) is 29.7 Å². The number of aliphatic imine (C=N–C) groups is 1. The Morgan fingerprint density at radius 3 is 2.64 bits per heavy atom. The number of aromatic hydroxyl groups is 1. The van der Waals surface area contributed by atoms with Crippen LogP contribution >= 0.6 is 11.6 Å². The lowest BCUT2D eigenvalue weighted by Crippen LogP contribution is -2.39. The summed E-state index contributed by atoms with van der Waals surface area (Å²) in [7, 11) is 5.29. The fourth-order valence-corrected chi connectivity index (χ4v) is 2.73. The van der Waals surface area contributed by atoms with Crippen LogP contribution in [0.3, 0.4) is 0 Å². The average molecular weight is 362 g/mol. The fraction of sp³-hybridized carbons (Fsp3) is 0.316. The Morgan fingerprint density at radius 1 is 1.24 bits per heavy atom. The molecule has 0 radical (unpaired) electrons. The molecule has 25 heavy (non-hydrogen) atoms. The van der Waals surface area contributed by atoms with Crippen LogP contribution in [0.2, 0.25) is 5.02 Å². The van der Waals surface area contributed by atoms with Crippen molar-refractivity contribution < 1.29 is 9.84 Å². The zero-order chi connectivity index (χ0) is 18.2. The molecule has 0 aromatic heterocycles. The Bertz CT molecular complexity index is 734. The number of ether oxygens (including phenoxy) is 1. The monoisotopic (exact) mass is 361 g/mol. The van der Waals surface area contributed by atoms with Crippen LogP contribution in [-0.4, -0.2) is 43.7 Å². The van der Waals surface area contributed by atoms with Gasteiger partial charge in [-0.3, -0.25) is 4.99 Å². The van der Waals surface area contributed by atoms with Crippen molar-refractivity contribution in [2.24, 2.45) is 4.99 Å². The third kappa shape index (κ3) is 5.29. The molecule has 0 saturated carbocycles. The molecule has 0 atom stereocenters. The molecule has 0 bridgehead atoms. The first kappa shape index (κ1) is 18.9. The highest BCUT2D eigenvalue weighted by Gasteiger charge is 2.09. The molecule has 2 aromatic rings. The summed E-state index contributed by atoms with van der Waals surface area (Å²) in [5.74, 6) is 1.65. The maximum Gasteiger partial charge on any atom is 0.193 e. The van der Waals surface area contributed by atoms with Crippen LogP contribution in [0.1, 0.15) is 11.1 Å². The van der Waals surface area contributed by atoms with Crippen molar-refractivity contribution in [3.05, 3.63) is 58.6 Å². The Labute approximate surface area is 153 Å². The number of guanidine groups is 1. The second-order valence-corrected chi connectivity index (χ2v) is 6.07. The Balaban J connectivity index is 1.91. The molecule has 6 heteroatoms. The van der Waals surface area contributed by atoms with Gasteiger partial charge in [0.2, 0.25) is 0 Å². The number of nitrogens with zero attached hydrogens (tertiary/aromatic N) is 2. The largest absolute Gasteiger partial charge is 0.508 e. The summed E-state index contributed by atoms with van der Waals surface area (Å²) < 4.78 is 5.10. The first-order chi connectivity index (χ1) is 12.0. The molecule has 0 spiro atoms. The molecule has 2 N–H and O–H groups in total. The summed E-state index contributed by atoms with van der Waals surface area (Å²) in [6.07, 6.45) is 0.675. The number of methoxy groups -OCH3 is 1. The predicted molar refractivity (Wildman–Crippen MR) is 103 cm³/mol. The number of hydrogen-bond donors (Lipinski definition) is 2. The minimum absolute atomic E-state index is 0.237. The minimum atomic E-state index is 0.237. The lowest BCUT2D eigenvalue weighted by Gasteiger charge is -2.22. The van der Waals surface area contributed by atoms with Gasteiger partial charge >= 0.3 is 0 Å². The summed E-state index contributed by atoms with van der Waals surface area (Å²) in [5.41, 5.74) is 1.90. The minimum Gasteiger partial charge on any atom is -0.508 e. The van der Waals surface area contributed by atoms with Crippen LogP contribution in [-0.2, 0) is 13.0 Å². The molecule has 2 rings (SSSR count). The van der Waals surface area contributed by atoms with E-state index in [2.05, 4.69) is 10.3 Å². The number of nitrogens with one attached hydrogen (secondary N) is 1. The van der Waals surface area contributed by atoms with E-state index >= 15 is 0 Å². The van der Waals surface area contributed by atoms with Crippen LogP contribution < -0.4 is 10.1 Å². The highest BCUT2D eigenvalue weighted by Crippen LogP contribution is 2.23. The van der Waals surface area contributed by atoms with E-state index in [9.17, 15) is 5.11 Å². The maximum absolute atomic E-state index is 10.0. The zero-order valence-corrected chi connectivity index (χ0v) is 15.5. The number of phenolic OH excluding ortho intramolecular Hbond substituents is 1. The van der Waals surface area contributed by atoms with Crippen LogP contribution in [0.5, 0.6) is 11.5 Å². The van der Waals surface area contributed by atoms with Crippen LogP contribution in [0.15, 0.2) is 47.5 Å². The van der Waals surface area contributed by atoms with Gasteiger partial charge in [0.25, 0.3) is 0 Å². The van der Waals surface area contributed by atoms with Crippen molar-refractivity contribution in [3.63, 3.8) is 0 Å². The van der Waals surface area contributed by atoms with Crippen molar-refractivity contribution in [1.29, 1.82) is 0 Å². The molecule has 134 valence electrons. The van der Waals surface area contributed by atoms with Crippen molar-refractivity contribution in [2.45, 2.75) is 13.0 Å². The highest BCUT2D eigenvalue weighted by molar-refractivity contribution is 6.31. The molecule has 0 unspecified atom stereocenters. The second-order valence-electron chi connectivity index (χ2n) is 5.67. The number of hydrogen-bond acceptors (Lipinski definition) is 3. The lowest BCUT2D eigenvalue weighted by atomic mass is 10.1. The summed E-state index contributed by atoms with van der Waals surface area (Å²) >= 11 is 6.22. The molecule has 0 aliphatic rings. The number of halogens is 1. The van der Waals surface area contributed by atoms with Crippen LogP contribution in [0.4, 0.5) is 0 Å². The zero-order valence-electron chi connectivity index (χ0n) is 14.8.